The smallest absolute Gasteiger partial charge is 0.165 e. The average molecular weight is 303 g/mol. The van der Waals surface area contributed by atoms with Gasteiger partial charge in [0.05, 0.1) is 14.2 Å². The van der Waals surface area contributed by atoms with Crippen molar-refractivity contribution in [1.82, 2.24) is 0 Å². The van der Waals surface area contributed by atoms with Crippen LogP contribution in [0.1, 0.15) is 24.5 Å². The maximum atomic E-state index is 8.95. The van der Waals surface area contributed by atoms with E-state index in [2.05, 4.69) is 22.9 Å². The van der Waals surface area contributed by atoms with E-state index in [4.69, 9.17) is 14.6 Å². The molecule has 4 heteroatoms. The highest BCUT2D eigenvalue weighted by molar-refractivity contribution is 9.10. The van der Waals surface area contributed by atoms with E-state index < -0.39 is 0 Å². The van der Waals surface area contributed by atoms with Crippen LogP contribution in [-0.2, 0) is 12.8 Å². The molecule has 0 fully saturated rings. The van der Waals surface area contributed by atoms with E-state index in [0.29, 0.717) is 6.42 Å². The number of benzene rings is 1. The normalized spacial score (nSPS) is 10.4. The lowest BCUT2D eigenvalue weighted by atomic mass is 10.0. The van der Waals surface area contributed by atoms with Crippen molar-refractivity contribution in [2.45, 2.75) is 26.2 Å². The van der Waals surface area contributed by atoms with E-state index in [9.17, 15) is 0 Å². The van der Waals surface area contributed by atoms with Gasteiger partial charge < -0.3 is 14.6 Å². The third kappa shape index (κ3) is 3.13. The fraction of sp³-hybridized carbons (Fsp3) is 0.538. The summed E-state index contributed by atoms with van der Waals surface area (Å²) in [6, 6.07) is 1.99. The highest BCUT2D eigenvalue weighted by atomic mass is 79.9. The molecule has 96 valence electrons. The SMILES string of the molecule is CCc1cc(OC)c(OC)c(CCCO)c1Br. The maximum absolute atomic E-state index is 8.95. The molecule has 0 radical (unpaired) electrons. The number of rotatable bonds is 6. The molecule has 0 unspecified atom stereocenters. The van der Waals surface area contributed by atoms with E-state index in [-0.39, 0.29) is 6.61 Å². The lowest BCUT2D eigenvalue weighted by Crippen LogP contribution is -2.01. The fourth-order valence-corrected chi connectivity index (χ4v) is 2.61. The number of halogens is 1. The molecule has 1 aromatic carbocycles. The van der Waals surface area contributed by atoms with Gasteiger partial charge in [-0.3, -0.25) is 0 Å². The van der Waals surface area contributed by atoms with Gasteiger partial charge in [-0.05, 0) is 30.9 Å². The number of aliphatic hydroxyl groups excluding tert-OH is 1. The Balaban J connectivity index is 3.28. The summed E-state index contributed by atoms with van der Waals surface area (Å²) in [6.45, 7) is 2.27. The maximum Gasteiger partial charge on any atom is 0.165 e. The van der Waals surface area contributed by atoms with Gasteiger partial charge in [0, 0.05) is 16.6 Å². The van der Waals surface area contributed by atoms with E-state index in [1.807, 2.05) is 6.07 Å². The van der Waals surface area contributed by atoms with Gasteiger partial charge in [0.25, 0.3) is 0 Å². The van der Waals surface area contributed by atoms with Crippen molar-refractivity contribution >= 4 is 15.9 Å². The van der Waals surface area contributed by atoms with Gasteiger partial charge in [0.15, 0.2) is 11.5 Å². The molecule has 0 atom stereocenters. The molecular formula is C13H19BrO3. The Morgan fingerprint density at radius 3 is 2.47 bits per heavy atom. The first-order valence-corrected chi connectivity index (χ1v) is 6.51. The van der Waals surface area contributed by atoms with E-state index in [1.54, 1.807) is 14.2 Å². The van der Waals surface area contributed by atoms with E-state index in [1.165, 1.54) is 5.56 Å². The van der Waals surface area contributed by atoms with Crippen LogP contribution < -0.4 is 9.47 Å². The first kappa shape index (κ1) is 14.3. The Kier molecular flexibility index (Phi) is 5.78. The van der Waals surface area contributed by atoms with Crippen LogP contribution >= 0.6 is 15.9 Å². The predicted molar refractivity (Wildman–Crippen MR) is 72.0 cm³/mol. The zero-order valence-corrected chi connectivity index (χ0v) is 12.1. The zero-order chi connectivity index (χ0) is 12.8. The molecule has 0 aliphatic carbocycles. The summed E-state index contributed by atoms with van der Waals surface area (Å²) in [4.78, 5) is 0. The molecule has 0 saturated carbocycles. The molecule has 0 aliphatic rings. The third-order valence-electron chi connectivity index (χ3n) is 2.74. The molecule has 0 spiro atoms. The second kappa shape index (κ2) is 6.87. The van der Waals surface area contributed by atoms with Gasteiger partial charge in [-0.25, -0.2) is 0 Å². The summed E-state index contributed by atoms with van der Waals surface area (Å²) >= 11 is 3.61. The number of aryl methyl sites for hydroxylation is 1. The van der Waals surface area contributed by atoms with Crippen molar-refractivity contribution in [3.63, 3.8) is 0 Å². The topological polar surface area (TPSA) is 38.7 Å². The van der Waals surface area contributed by atoms with Gasteiger partial charge in [-0.15, -0.1) is 0 Å². The van der Waals surface area contributed by atoms with Gasteiger partial charge in [-0.2, -0.15) is 0 Å². The number of hydrogen-bond acceptors (Lipinski definition) is 3. The molecule has 1 N–H and O–H groups in total. The van der Waals surface area contributed by atoms with Crippen LogP contribution in [0.2, 0.25) is 0 Å². The Morgan fingerprint density at radius 2 is 2.00 bits per heavy atom. The van der Waals surface area contributed by atoms with Crippen LogP contribution in [0, 0.1) is 0 Å². The second-order valence-electron chi connectivity index (χ2n) is 3.74. The summed E-state index contributed by atoms with van der Waals surface area (Å²) in [5.41, 5.74) is 2.26. The molecule has 0 saturated heterocycles. The first-order valence-electron chi connectivity index (χ1n) is 5.72. The minimum Gasteiger partial charge on any atom is -0.493 e. The summed E-state index contributed by atoms with van der Waals surface area (Å²) < 4.78 is 11.8. The van der Waals surface area contributed by atoms with Crippen LogP contribution in [-0.4, -0.2) is 25.9 Å². The van der Waals surface area contributed by atoms with Crippen LogP contribution in [0.5, 0.6) is 11.5 Å². The molecular weight excluding hydrogens is 284 g/mol. The number of hydrogen-bond donors (Lipinski definition) is 1. The van der Waals surface area contributed by atoms with Crippen molar-refractivity contribution in [1.29, 1.82) is 0 Å². The third-order valence-corrected chi connectivity index (χ3v) is 3.73. The lowest BCUT2D eigenvalue weighted by molar-refractivity contribution is 0.287. The molecule has 1 aromatic rings. The molecule has 17 heavy (non-hydrogen) atoms. The summed E-state index contributed by atoms with van der Waals surface area (Å²) in [6.07, 6.45) is 2.41. The summed E-state index contributed by atoms with van der Waals surface area (Å²) in [7, 11) is 3.28. The van der Waals surface area contributed by atoms with Crippen LogP contribution in [0.4, 0.5) is 0 Å². The Hall–Kier alpha value is -0.740. The monoisotopic (exact) mass is 302 g/mol. The summed E-state index contributed by atoms with van der Waals surface area (Å²) in [5.74, 6) is 1.51. The number of ether oxygens (including phenoxy) is 2. The number of methoxy groups -OCH3 is 2. The van der Waals surface area contributed by atoms with Crippen molar-refractivity contribution in [3.8, 4) is 11.5 Å². The number of aliphatic hydroxyl groups is 1. The van der Waals surface area contributed by atoms with Gasteiger partial charge >= 0.3 is 0 Å². The molecule has 1 rings (SSSR count). The van der Waals surface area contributed by atoms with Crippen molar-refractivity contribution < 1.29 is 14.6 Å². The highest BCUT2D eigenvalue weighted by Gasteiger charge is 2.16. The quantitative estimate of drug-likeness (QED) is 0.878. The Morgan fingerprint density at radius 1 is 1.29 bits per heavy atom. The van der Waals surface area contributed by atoms with Crippen molar-refractivity contribution in [2.24, 2.45) is 0 Å². The fourth-order valence-electron chi connectivity index (χ4n) is 1.84. The van der Waals surface area contributed by atoms with E-state index in [0.717, 1.165) is 34.4 Å². The largest absolute Gasteiger partial charge is 0.493 e. The minimum atomic E-state index is 0.175. The minimum absolute atomic E-state index is 0.175. The second-order valence-corrected chi connectivity index (χ2v) is 4.54. The standard InChI is InChI=1S/C13H19BrO3/c1-4-9-8-11(16-2)13(17-3)10(12(9)14)6-5-7-15/h8,15H,4-7H2,1-3H3. The van der Waals surface area contributed by atoms with Crippen molar-refractivity contribution in [3.05, 3.63) is 21.7 Å². The molecule has 0 aromatic heterocycles. The molecule has 0 bridgehead atoms. The van der Waals surface area contributed by atoms with Crippen molar-refractivity contribution in [2.75, 3.05) is 20.8 Å². The van der Waals surface area contributed by atoms with Gasteiger partial charge in [0.2, 0.25) is 0 Å². The van der Waals surface area contributed by atoms with Crippen LogP contribution in [0.15, 0.2) is 10.5 Å². The molecule has 0 amide bonds. The predicted octanol–water partition coefficient (Wildman–Crippen LogP) is 2.95. The molecule has 0 aliphatic heterocycles. The Bertz CT molecular complexity index is 377. The first-order chi connectivity index (χ1) is 8.19. The molecule has 0 heterocycles. The summed E-state index contributed by atoms with van der Waals surface area (Å²) in [5, 5.41) is 8.95. The van der Waals surface area contributed by atoms with Crippen LogP contribution in [0.25, 0.3) is 0 Å². The van der Waals surface area contributed by atoms with Gasteiger partial charge in [0.1, 0.15) is 0 Å². The van der Waals surface area contributed by atoms with Crippen LogP contribution in [0.3, 0.4) is 0 Å². The van der Waals surface area contributed by atoms with Gasteiger partial charge in [-0.1, -0.05) is 22.9 Å². The zero-order valence-electron chi connectivity index (χ0n) is 10.5. The average Bonchev–Trinajstić information content (AvgIpc) is 2.36. The highest BCUT2D eigenvalue weighted by Crippen LogP contribution is 2.39. The molecule has 3 nitrogen and oxygen atoms in total. The van der Waals surface area contributed by atoms with E-state index >= 15 is 0 Å². The Labute approximate surface area is 111 Å². The lowest BCUT2D eigenvalue weighted by Gasteiger charge is -2.17.